The SMILES string of the molecule is CC=CCCC1CCC(c2ccc(-c3cc(F)c(C(F)(F)Oc4ccc(-c5cc(F)c(C(F)(F)F)c(F)c5)c(F)c4)c(F)c3)c(F)c2)CC1. The third-order valence-corrected chi connectivity index (χ3v) is 8.76. The molecule has 0 aliphatic heterocycles. The molecule has 0 spiro atoms. The first-order chi connectivity index (χ1) is 23.1. The van der Waals surface area contributed by atoms with Gasteiger partial charge >= 0.3 is 12.3 Å². The van der Waals surface area contributed by atoms with Crippen molar-refractivity contribution in [2.75, 3.05) is 0 Å². The molecule has 49 heavy (non-hydrogen) atoms. The van der Waals surface area contributed by atoms with Gasteiger partial charge in [-0.2, -0.15) is 22.0 Å². The van der Waals surface area contributed by atoms with Crippen LogP contribution in [-0.4, -0.2) is 0 Å². The quantitative estimate of drug-likeness (QED) is 0.125. The van der Waals surface area contributed by atoms with Crippen LogP contribution in [0, 0.1) is 40.8 Å². The average molecular weight is 699 g/mol. The maximum atomic E-state index is 15.2. The van der Waals surface area contributed by atoms with Gasteiger partial charge in [0.05, 0.1) is 0 Å². The predicted molar refractivity (Wildman–Crippen MR) is 162 cm³/mol. The third-order valence-electron chi connectivity index (χ3n) is 8.76. The topological polar surface area (TPSA) is 9.23 Å². The van der Waals surface area contributed by atoms with Gasteiger partial charge in [-0.3, -0.25) is 0 Å². The van der Waals surface area contributed by atoms with E-state index in [-0.39, 0.29) is 29.2 Å². The summed E-state index contributed by atoms with van der Waals surface area (Å²) >= 11 is 0. The molecule has 0 amide bonds. The van der Waals surface area contributed by atoms with Crippen molar-refractivity contribution < 1.29 is 53.0 Å². The van der Waals surface area contributed by atoms with E-state index in [1.165, 1.54) is 12.1 Å². The first-order valence-electron chi connectivity index (χ1n) is 15.4. The van der Waals surface area contributed by atoms with Crippen LogP contribution < -0.4 is 4.74 Å². The van der Waals surface area contributed by atoms with Crippen molar-refractivity contribution >= 4 is 0 Å². The smallest absolute Gasteiger partial charge is 0.429 e. The van der Waals surface area contributed by atoms with E-state index >= 15 is 22.0 Å². The number of hydrogen-bond acceptors (Lipinski definition) is 1. The summed E-state index contributed by atoms with van der Waals surface area (Å²) in [5, 5.41) is 0. The van der Waals surface area contributed by atoms with Crippen LogP contribution in [0.3, 0.4) is 0 Å². The van der Waals surface area contributed by atoms with Crippen molar-refractivity contribution in [3.05, 3.63) is 124 Å². The fourth-order valence-electron chi connectivity index (χ4n) is 6.30. The van der Waals surface area contributed by atoms with Crippen LogP contribution >= 0.6 is 0 Å². The largest absolute Gasteiger partial charge is 0.432 e. The Morgan fingerprint density at radius 2 is 1.14 bits per heavy atom. The Bertz CT molecular complexity index is 1810. The fraction of sp³-hybridized carbons (Fsp3) is 0.297. The lowest BCUT2D eigenvalue weighted by Crippen LogP contribution is -2.25. The van der Waals surface area contributed by atoms with Crippen molar-refractivity contribution in [1.82, 2.24) is 0 Å². The number of benzene rings is 4. The highest BCUT2D eigenvalue weighted by molar-refractivity contribution is 5.67. The minimum absolute atomic E-state index is 0.115. The Morgan fingerprint density at radius 1 is 0.633 bits per heavy atom. The van der Waals surface area contributed by atoms with Crippen molar-refractivity contribution in [1.29, 1.82) is 0 Å². The number of allylic oxidation sites excluding steroid dienone is 2. The first kappa shape index (κ1) is 35.9. The van der Waals surface area contributed by atoms with Gasteiger partial charge in [0.2, 0.25) is 0 Å². The molecule has 4 aromatic rings. The lowest BCUT2D eigenvalue weighted by Gasteiger charge is -2.29. The Kier molecular flexibility index (Phi) is 10.5. The number of hydrogen-bond donors (Lipinski definition) is 0. The molecule has 12 heteroatoms. The molecule has 0 aromatic heterocycles. The van der Waals surface area contributed by atoms with Gasteiger partial charge in [-0.05, 0) is 116 Å². The molecule has 1 fully saturated rings. The molecule has 260 valence electrons. The molecular formula is C37H29F11O. The second kappa shape index (κ2) is 14.2. The highest BCUT2D eigenvalue weighted by Crippen LogP contribution is 2.42. The fourth-order valence-corrected chi connectivity index (χ4v) is 6.30. The predicted octanol–water partition coefficient (Wildman–Crippen LogP) is 12.6. The molecule has 0 atom stereocenters. The van der Waals surface area contributed by atoms with Crippen molar-refractivity contribution in [2.24, 2.45) is 5.92 Å². The Balaban J connectivity index is 1.32. The molecule has 0 saturated heterocycles. The van der Waals surface area contributed by atoms with E-state index in [1.54, 1.807) is 6.07 Å². The van der Waals surface area contributed by atoms with E-state index in [2.05, 4.69) is 10.8 Å². The number of ether oxygens (including phenoxy) is 1. The van der Waals surface area contributed by atoms with E-state index in [0.717, 1.165) is 44.1 Å². The molecule has 1 nitrogen and oxygen atoms in total. The van der Waals surface area contributed by atoms with Crippen LogP contribution in [0.25, 0.3) is 22.3 Å². The molecule has 1 aliphatic rings. The molecule has 0 N–H and O–H groups in total. The number of halogens is 11. The second-order valence-electron chi connectivity index (χ2n) is 12.0. The zero-order chi connectivity index (χ0) is 35.7. The summed E-state index contributed by atoms with van der Waals surface area (Å²) in [5.41, 5.74) is -5.24. The number of alkyl halides is 5. The molecule has 4 aromatic carbocycles. The van der Waals surface area contributed by atoms with Crippen molar-refractivity contribution in [3.63, 3.8) is 0 Å². The van der Waals surface area contributed by atoms with Crippen LogP contribution in [0.4, 0.5) is 48.3 Å². The molecule has 0 bridgehead atoms. The van der Waals surface area contributed by atoms with Crippen LogP contribution in [0.15, 0.2) is 72.8 Å². The van der Waals surface area contributed by atoms with E-state index < -0.39 is 75.2 Å². The second-order valence-corrected chi connectivity index (χ2v) is 12.0. The van der Waals surface area contributed by atoms with Gasteiger partial charge in [0.1, 0.15) is 51.8 Å². The molecular weight excluding hydrogens is 669 g/mol. The molecule has 0 unspecified atom stereocenters. The molecule has 1 aliphatic carbocycles. The van der Waals surface area contributed by atoms with E-state index in [9.17, 15) is 26.3 Å². The Morgan fingerprint density at radius 3 is 1.63 bits per heavy atom. The molecule has 0 radical (unpaired) electrons. The van der Waals surface area contributed by atoms with Crippen molar-refractivity contribution in [2.45, 2.75) is 63.7 Å². The van der Waals surface area contributed by atoms with Gasteiger partial charge in [0, 0.05) is 17.2 Å². The first-order valence-corrected chi connectivity index (χ1v) is 15.4. The van der Waals surface area contributed by atoms with E-state index in [4.69, 9.17) is 0 Å². The summed E-state index contributed by atoms with van der Waals surface area (Å²) in [6, 6.07) is 7.36. The molecule has 5 rings (SSSR count). The summed E-state index contributed by atoms with van der Waals surface area (Å²) in [6.45, 7) is 1.97. The summed E-state index contributed by atoms with van der Waals surface area (Å²) in [6.07, 6.45) is -0.158. The maximum absolute atomic E-state index is 15.2. The van der Waals surface area contributed by atoms with Crippen LogP contribution in [0.2, 0.25) is 0 Å². The minimum Gasteiger partial charge on any atom is -0.429 e. The van der Waals surface area contributed by atoms with Gasteiger partial charge in [-0.25, -0.2) is 26.3 Å². The Hall–Kier alpha value is -4.35. The maximum Gasteiger partial charge on any atom is 0.432 e. The minimum atomic E-state index is -5.37. The van der Waals surface area contributed by atoms with Crippen molar-refractivity contribution in [3.8, 4) is 28.0 Å². The normalized spacial score (nSPS) is 17.1. The van der Waals surface area contributed by atoms with Gasteiger partial charge in [0.15, 0.2) is 0 Å². The van der Waals surface area contributed by atoms with E-state index in [1.807, 2.05) is 13.0 Å². The summed E-state index contributed by atoms with van der Waals surface area (Å²) in [5.74, 6) is -10.1. The third kappa shape index (κ3) is 7.94. The summed E-state index contributed by atoms with van der Waals surface area (Å²) in [7, 11) is 0. The molecule has 1 saturated carbocycles. The molecule has 0 heterocycles. The highest BCUT2D eigenvalue weighted by atomic mass is 19.4. The van der Waals surface area contributed by atoms with E-state index in [0.29, 0.717) is 36.2 Å². The summed E-state index contributed by atoms with van der Waals surface area (Å²) in [4.78, 5) is 0. The summed E-state index contributed by atoms with van der Waals surface area (Å²) < 4.78 is 161. The van der Waals surface area contributed by atoms with Gasteiger partial charge in [-0.1, -0.05) is 24.3 Å². The van der Waals surface area contributed by atoms with Crippen LogP contribution in [-0.2, 0) is 12.3 Å². The highest BCUT2D eigenvalue weighted by Gasteiger charge is 2.42. The monoisotopic (exact) mass is 698 g/mol. The lowest BCUT2D eigenvalue weighted by molar-refractivity contribution is -0.189. The van der Waals surface area contributed by atoms with Gasteiger partial charge < -0.3 is 4.74 Å². The van der Waals surface area contributed by atoms with Gasteiger partial charge in [0.25, 0.3) is 0 Å². The average Bonchev–Trinajstić information content (AvgIpc) is 2.99. The van der Waals surface area contributed by atoms with Crippen LogP contribution in [0.5, 0.6) is 5.75 Å². The zero-order valence-electron chi connectivity index (χ0n) is 25.9. The number of rotatable bonds is 9. The van der Waals surface area contributed by atoms with Gasteiger partial charge in [-0.15, -0.1) is 0 Å². The standard InChI is InChI=1S/C37H29F11O/c1-2-3-4-5-20-6-8-21(9-7-20)22-10-12-26(28(38)14-22)24-17-32(42)35(33(43)18-24)37(47,48)49-25-11-13-27(29(39)19-25)23-15-30(40)34(31(41)16-23)36(44,45)46/h2-3,10-21H,4-9H2,1H3. The Labute approximate surface area is 275 Å². The van der Waals surface area contributed by atoms with Crippen LogP contribution in [0.1, 0.15) is 68.1 Å². The zero-order valence-corrected chi connectivity index (χ0v) is 25.9. The lowest BCUT2D eigenvalue weighted by atomic mass is 9.77.